The van der Waals surface area contributed by atoms with Crippen LogP contribution in [-0.4, -0.2) is 40.1 Å². The Hall–Kier alpha value is -0.870. The second kappa shape index (κ2) is 6.06. The summed E-state index contributed by atoms with van der Waals surface area (Å²) in [5.74, 6) is 1.11. The molecule has 4 nitrogen and oxygen atoms in total. The van der Waals surface area contributed by atoms with E-state index in [9.17, 15) is 0 Å². The van der Waals surface area contributed by atoms with Gasteiger partial charge in [-0.15, -0.1) is 0 Å². The normalized spacial score (nSPS) is 13.3. The lowest BCUT2D eigenvalue weighted by molar-refractivity contribution is 0.182. The van der Waals surface area contributed by atoms with Crippen molar-refractivity contribution in [1.82, 2.24) is 19.8 Å². The van der Waals surface area contributed by atoms with E-state index >= 15 is 0 Å². The molecule has 19 heavy (non-hydrogen) atoms. The molecule has 0 amide bonds. The number of imidazole rings is 1. The topological polar surface area (TPSA) is 33.1 Å². The van der Waals surface area contributed by atoms with Crippen LogP contribution in [-0.2, 0) is 13.6 Å². The Morgan fingerprint density at radius 1 is 1.26 bits per heavy atom. The molecule has 0 saturated heterocycles. The Labute approximate surface area is 118 Å². The highest BCUT2D eigenvalue weighted by Gasteiger charge is 2.23. The first-order valence-electron chi connectivity index (χ1n) is 6.99. The first-order chi connectivity index (χ1) is 8.59. The third-order valence-electron chi connectivity index (χ3n) is 3.13. The SMILES string of the molecule is CN(Cc1nccn1C)CC(C)(C)CNC(C)(C)C. The molecule has 0 saturated carbocycles. The van der Waals surface area contributed by atoms with E-state index < -0.39 is 0 Å². The van der Waals surface area contributed by atoms with Crippen LogP contribution in [0.5, 0.6) is 0 Å². The summed E-state index contributed by atoms with van der Waals surface area (Å²) in [6.07, 6.45) is 3.85. The Morgan fingerprint density at radius 3 is 2.37 bits per heavy atom. The van der Waals surface area contributed by atoms with Gasteiger partial charge in [0.1, 0.15) is 5.82 Å². The lowest BCUT2D eigenvalue weighted by atomic mass is 9.91. The standard InChI is InChI=1S/C15H30N4/c1-14(2,3)17-11-15(4,5)12-18(6)10-13-16-8-9-19(13)7/h8-9,17H,10-12H2,1-7H3. The van der Waals surface area contributed by atoms with E-state index in [4.69, 9.17) is 0 Å². The molecule has 0 radical (unpaired) electrons. The highest BCUT2D eigenvalue weighted by atomic mass is 15.2. The Bertz CT molecular complexity index is 387. The van der Waals surface area contributed by atoms with Gasteiger partial charge in [-0.05, 0) is 33.2 Å². The summed E-state index contributed by atoms with van der Waals surface area (Å²) in [4.78, 5) is 6.72. The van der Waals surface area contributed by atoms with E-state index in [0.29, 0.717) is 0 Å². The van der Waals surface area contributed by atoms with E-state index in [1.807, 2.05) is 19.4 Å². The fourth-order valence-corrected chi connectivity index (χ4v) is 2.14. The van der Waals surface area contributed by atoms with Crippen molar-refractivity contribution in [2.75, 3.05) is 20.1 Å². The van der Waals surface area contributed by atoms with Gasteiger partial charge in [-0.25, -0.2) is 4.98 Å². The molecule has 110 valence electrons. The van der Waals surface area contributed by atoms with Crippen LogP contribution in [0.25, 0.3) is 0 Å². The molecule has 0 aliphatic carbocycles. The van der Waals surface area contributed by atoms with Gasteiger partial charge < -0.3 is 9.88 Å². The molecule has 1 aromatic rings. The van der Waals surface area contributed by atoms with Gasteiger partial charge in [0.2, 0.25) is 0 Å². The quantitative estimate of drug-likeness (QED) is 0.857. The minimum absolute atomic E-state index is 0.176. The van der Waals surface area contributed by atoms with Crippen molar-refractivity contribution in [2.24, 2.45) is 12.5 Å². The number of aromatic nitrogens is 2. The van der Waals surface area contributed by atoms with Crippen LogP contribution in [0.15, 0.2) is 12.4 Å². The smallest absolute Gasteiger partial charge is 0.122 e. The first kappa shape index (κ1) is 16.2. The van der Waals surface area contributed by atoms with Crippen molar-refractivity contribution >= 4 is 0 Å². The van der Waals surface area contributed by atoms with Crippen LogP contribution in [0.1, 0.15) is 40.4 Å². The third-order valence-corrected chi connectivity index (χ3v) is 3.13. The molecule has 4 heteroatoms. The number of hydrogen-bond donors (Lipinski definition) is 1. The maximum absolute atomic E-state index is 4.38. The highest BCUT2D eigenvalue weighted by Crippen LogP contribution is 2.17. The Balaban J connectivity index is 2.46. The number of hydrogen-bond acceptors (Lipinski definition) is 3. The largest absolute Gasteiger partial charge is 0.337 e. The second-order valence-electron chi connectivity index (χ2n) is 7.39. The summed E-state index contributed by atoms with van der Waals surface area (Å²) in [5, 5.41) is 3.59. The van der Waals surface area contributed by atoms with Crippen molar-refractivity contribution in [1.29, 1.82) is 0 Å². The predicted molar refractivity (Wildman–Crippen MR) is 81.1 cm³/mol. The molecule has 0 atom stereocenters. The number of nitrogens with one attached hydrogen (secondary N) is 1. The molecule has 1 N–H and O–H groups in total. The lowest BCUT2D eigenvalue weighted by Crippen LogP contribution is -2.45. The number of aryl methyl sites for hydroxylation is 1. The minimum atomic E-state index is 0.176. The van der Waals surface area contributed by atoms with Gasteiger partial charge in [0.25, 0.3) is 0 Å². The average Bonchev–Trinajstić information content (AvgIpc) is 2.60. The molecule has 1 aromatic heterocycles. The Morgan fingerprint density at radius 2 is 1.89 bits per heavy atom. The van der Waals surface area contributed by atoms with Crippen LogP contribution in [0.2, 0.25) is 0 Å². The van der Waals surface area contributed by atoms with Crippen LogP contribution >= 0.6 is 0 Å². The highest BCUT2D eigenvalue weighted by molar-refractivity contribution is 4.91. The van der Waals surface area contributed by atoms with Crippen molar-refractivity contribution in [3.63, 3.8) is 0 Å². The van der Waals surface area contributed by atoms with Gasteiger partial charge in [-0.1, -0.05) is 13.8 Å². The zero-order chi connectivity index (χ0) is 14.7. The summed E-state index contributed by atoms with van der Waals surface area (Å²) in [5.41, 5.74) is 0.419. The van der Waals surface area contributed by atoms with Gasteiger partial charge in [0.15, 0.2) is 0 Å². The molecule has 0 fully saturated rings. The molecule has 0 aliphatic rings. The second-order valence-corrected chi connectivity index (χ2v) is 7.39. The van der Waals surface area contributed by atoms with Crippen molar-refractivity contribution in [2.45, 2.75) is 46.7 Å². The van der Waals surface area contributed by atoms with E-state index in [-0.39, 0.29) is 11.0 Å². The summed E-state index contributed by atoms with van der Waals surface area (Å²) in [6.45, 7) is 14.2. The number of rotatable bonds is 6. The van der Waals surface area contributed by atoms with E-state index in [1.54, 1.807) is 0 Å². The minimum Gasteiger partial charge on any atom is -0.337 e. The number of nitrogens with zero attached hydrogens (tertiary/aromatic N) is 3. The maximum Gasteiger partial charge on any atom is 0.122 e. The summed E-state index contributed by atoms with van der Waals surface area (Å²) in [7, 11) is 4.20. The molecule has 1 heterocycles. The zero-order valence-corrected chi connectivity index (χ0v) is 13.6. The molecular formula is C15H30N4. The van der Waals surface area contributed by atoms with Crippen molar-refractivity contribution in [3.8, 4) is 0 Å². The van der Waals surface area contributed by atoms with Gasteiger partial charge in [-0.3, -0.25) is 4.90 Å². The fraction of sp³-hybridized carbons (Fsp3) is 0.800. The molecule has 0 bridgehead atoms. The zero-order valence-electron chi connectivity index (χ0n) is 13.6. The van der Waals surface area contributed by atoms with E-state index in [1.165, 1.54) is 0 Å². The van der Waals surface area contributed by atoms with Crippen molar-refractivity contribution < 1.29 is 0 Å². The van der Waals surface area contributed by atoms with Crippen molar-refractivity contribution in [3.05, 3.63) is 18.2 Å². The molecular weight excluding hydrogens is 236 g/mol. The van der Waals surface area contributed by atoms with Gasteiger partial charge in [0, 0.05) is 38.1 Å². The average molecular weight is 266 g/mol. The molecule has 0 aromatic carbocycles. The molecule has 0 spiro atoms. The fourth-order valence-electron chi connectivity index (χ4n) is 2.14. The van der Waals surface area contributed by atoms with Crippen LogP contribution in [0.3, 0.4) is 0 Å². The molecule has 0 unspecified atom stereocenters. The summed E-state index contributed by atoms with van der Waals surface area (Å²) in [6, 6.07) is 0. The van der Waals surface area contributed by atoms with E-state index in [0.717, 1.165) is 25.5 Å². The van der Waals surface area contributed by atoms with Gasteiger partial charge >= 0.3 is 0 Å². The monoisotopic (exact) mass is 266 g/mol. The summed E-state index contributed by atoms with van der Waals surface area (Å²) >= 11 is 0. The first-order valence-corrected chi connectivity index (χ1v) is 6.99. The third kappa shape index (κ3) is 6.21. The maximum atomic E-state index is 4.38. The predicted octanol–water partition coefficient (Wildman–Crippen LogP) is 2.27. The summed E-state index contributed by atoms with van der Waals surface area (Å²) < 4.78 is 2.08. The van der Waals surface area contributed by atoms with Crippen LogP contribution < -0.4 is 5.32 Å². The van der Waals surface area contributed by atoms with Gasteiger partial charge in [0.05, 0.1) is 6.54 Å². The molecule has 0 aliphatic heterocycles. The van der Waals surface area contributed by atoms with Crippen LogP contribution in [0, 0.1) is 5.41 Å². The lowest BCUT2D eigenvalue weighted by Gasteiger charge is -2.33. The van der Waals surface area contributed by atoms with Crippen LogP contribution in [0.4, 0.5) is 0 Å². The van der Waals surface area contributed by atoms with E-state index in [2.05, 4.69) is 61.4 Å². The molecule has 1 rings (SSSR count). The Kier molecular flexibility index (Phi) is 5.16. The van der Waals surface area contributed by atoms with Gasteiger partial charge in [-0.2, -0.15) is 0 Å².